The van der Waals surface area contributed by atoms with Crippen LogP contribution in [0.15, 0.2) is 48.2 Å². The van der Waals surface area contributed by atoms with Gasteiger partial charge in [0.05, 0.1) is 5.69 Å². The number of aromatic nitrogens is 3. The van der Waals surface area contributed by atoms with E-state index in [1.165, 1.54) is 11.3 Å². The zero-order valence-electron chi connectivity index (χ0n) is 9.83. The Morgan fingerprint density at radius 2 is 2.26 bits per heavy atom. The third-order valence-corrected chi connectivity index (χ3v) is 3.28. The van der Waals surface area contributed by atoms with E-state index in [0.717, 1.165) is 11.3 Å². The first-order valence-corrected chi connectivity index (χ1v) is 6.51. The van der Waals surface area contributed by atoms with E-state index in [0.29, 0.717) is 10.8 Å². The molecule has 0 fully saturated rings. The van der Waals surface area contributed by atoms with E-state index in [1.54, 1.807) is 30.7 Å². The average Bonchev–Trinajstić information content (AvgIpc) is 3.11. The maximum Gasteiger partial charge on any atom is 0.273 e. The van der Waals surface area contributed by atoms with Crippen molar-refractivity contribution in [2.24, 2.45) is 0 Å². The van der Waals surface area contributed by atoms with Gasteiger partial charge in [0.25, 0.3) is 5.91 Å². The number of carbonyl (C=O) groups is 1. The van der Waals surface area contributed by atoms with Crippen molar-refractivity contribution in [1.29, 1.82) is 0 Å². The molecule has 94 valence electrons. The molecule has 0 aliphatic heterocycles. The summed E-state index contributed by atoms with van der Waals surface area (Å²) in [6.07, 6.45) is 5.16. The van der Waals surface area contributed by atoms with Gasteiger partial charge >= 0.3 is 0 Å². The van der Waals surface area contributed by atoms with E-state index in [9.17, 15) is 4.79 Å². The van der Waals surface area contributed by atoms with Gasteiger partial charge in [0.1, 0.15) is 5.69 Å². The van der Waals surface area contributed by atoms with Crippen LogP contribution in [-0.2, 0) is 0 Å². The molecule has 0 atom stereocenters. The third kappa shape index (κ3) is 2.53. The monoisotopic (exact) mass is 270 g/mol. The maximum atomic E-state index is 11.8. The number of amides is 1. The molecular weight excluding hydrogens is 260 g/mol. The van der Waals surface area contributed by atoms with Gasteiger partial charge in [-0.3, -0.25) is 15.1 Å². The molecule has 0 aromatic carbocycles. The van der Waals surface area contributed by atoms with Crippen molar-refractivity contribution in [3.8, 4) is 11.3 Å². The lowest BCUT2D eigenvalue weighted by molar-refractivity contribution is 0.102. The number of hydrogen-bond acceptors (Lipinski definition) is 4. The molecule has 19 heavy (non-hydrogen) atoms. The number of pyridine rings is 1. The Morgan fingerprint density at radius 1 is 1.32 bits per heavy atom. The second kappa shape index (κ2) is 5.03. The number of rotatable bonds is 3. The molecule has 0 saturated heterocycles. The molecule has 0 radical (unpaired) electrons. The van der Waals surface area contributed by atoms with Crippen molar-refractivity contribution in [3.63, 3.8) is 0 Å². The van der Waals surface area contributed by atoms with Crippen molar-refractivity contribution in [1.82, 2.24) is 15.0 Å². The quantitative estimate of drug-likeness (QED) is 0.768. The SMILES string of the molecule is O=C(Nc1nc(-c2cccnc2)cs1)c1ccc[nH]1. The minimum absolute atomic E-state index is 0.197. The van der Waals surface area contributed by atoms with Crippen molar-refractivity contribution < 1.29 is 4.79 Å². The van der Waals surface area contributed by atoms with E-state index in [2.05, 4.69) is 20.3 Å². The van der Waals surface area contributed by atoms with E-state index in [4.69, 9.17) is 0 Å². The number of nitrogens with zero attached hydrogens (tertiary/aromatic N) is 2. The van der Waals surface area contributed by atoms with Crippen LogP contribution in [0.4, 0.5) is 5.13 Å². The zero-order valence-corrected chi connectivity index (χ0v) is 10.6. The molecule has 0 saturated carbocycles. The number of nitrogens with one attached hydrogen (secondary N) is 2. The molecule has 0 bridgehead atoms. The van der Waals surface area contributed by atoms with Crippen molar-refractivity contribution in [2.45, 2.75) is 0 Å². The Hall–Kier alpha value is -2.47. The molecule has 0 spiro atoms. The largest absolute Gasteiger partial charge is 0.357 e. The lowest BCUT2D eigenvalue weighted by Gasteiger charge is -1.98. The predicted molar refractivity (Wildman–Crippen MR) is 74.1 cm³/mol. The van der Waals surface area contributed by atoms with Gasteiger partial charge in [-0.25, -0.2) is 4.98 Å². The Labute approximate surface area is 113 Å². The minimum atomic E-state index is -0.197. The maximum absolute atomic E-state index is 11.8. The number of hydrogen-bond donors (Lipinski definition) is 2. The first kappa shape index (κ1) is 11.6. The van der Waals surface area contributed by atoms with Gasteiger partial charge in [0.15, 0.2) is 5.13 Å². The Bertz CT molecular complexity index is 676. The van der Waals surface area contributed by atoms with Crippen LogP contribution < -0.4 is 5.32 Å². The lowest BCUT2D eigenvalue weighted by atomic mass is 10.2. The smallest absolute Gasteiger partial charge is 0.273 e. The van der Waals surface area contributed by atoms with E-state index < -0.39 is 0 Å². The van der Waals surface area contributed by atoms with Gasteiger partial charge in [-0.1, -0.05) is 0 Å². The third-order valence-electron chi connectivity index (χ3n) is 2.52. The molecule has 3 rings (SSSR count). The van der Waals surface area contributed by atoms with Crippen molar-refractivity contribution >= 4 is 22.4 Å². The zero-order chi connectivity index (χ0) is 13.1. The Morgan fingerprint density at radius 3 is 3.00 bits per heavy atom. The van der Waals surface area contributed by atoms with Crippen LogP contribution in [0.25, 0.3) is 11.3 Å². The van der Waals surface area contributed by atoms with Crippen LogP contribution >= 0.6 is 11.3 Å². The average molecular weight is 270 g/mol. The summed E-state index contributed by atoms with van der Waals surface area (Å²) >= 11 is 1.39. The normalized spacial score (nSPS) is 10.3. The van der Waals surface area contributed by atoms with E-state index in [-0.39, 0.29) is 5.91 Å². The second-order valence-electron chi connectivity index (χ2n) is 3.82. The summed E-state index contributed by atoms with van der Waals surface area (Å²) in [7, 11) is 0. The molecule has 3 heterocycles. The van der Waals surface area contributed by atoms with E-state index in [1.807, 2.05) is 17.5 Å². The minimum Gasteiger partial charge on any atom is -0.357 e. The van der Waals surface area contributed by atoms with Crippen molar-refractivity contribution in [3.05, 3.63) is 53.9 Å². The molecule has 0 unspecified atom stereocenters. The molecule has 0 aliphatic carbocycles. The van der Waals surface area contributed by atoms with Gasteiger partial charge in [-0.15, -0.1) is 11.3 Å². The summed E-state index contributed by atoms with van der Waals surface area (Å²) in [4.78, 5) is 23.1. The van der Waals surface area contributed by atoms with Gasteiger partial charge in [0.2, 0.25) is 0 Å². The summed E-state index contributed by atoms with van der Waals surface area (Å²) in [5.41, 5.74) is 2.25. The van der Waals surface area contributed by atoms with Crippen LogP contribution in [0.1, 0.15) is 10.5 Å². The summed E-state index contributed by atoms with van der Waals surface area (Å²) in [6, 6.07) is 7.27. The lowest BCUT2D eigenvalue weighted by Crippen LogP contribution is -2.11. The highest BCUT2D eigenvalue weighted by Crippen LogP contribution is 2.24. The highest BCUT2D eigenvalue weighted by molar-refractivity contribution is 7.14. The summed E-state index contributed by atoms with van der Waals surface area (Å²) in [6.45, 7) is 0. The highest BCUT2D eigenvalue weighted by Gasteiger charge is 2.10. The van der Waals surface area contributed by atoms with Crippen molar-refractivity contribution in [2.75, 3.05) is 5.32 Å². The Kier molecular flexibility index (Phi) is 3.07. The van der Waals surface area contributed by atoms with Gasteiger partial charge in [-0.05, 0) is 24.3 Å². The molecular formula is C13H10N4OS. The highest BCUT2D eigenvalue weighted by atomic mass is 32.1. The molecule has 0 aliphatic rings. The van der Waals surface area contributed by atoms with Gasteiger partial charge in [0, 0.05) is 29.5 Å². The Balaban J connectivity index is 1.77. The van der Waals surface area contributed by atoms with Crippen LogP contribution in [0.5, 0.6) is 0 Å². The predicted octanol–water partition coefficient (Wildman–Crippen LogP) is 2.79. The fraction of sp³-hybridized carbons (Fsp3) is 0. The fourth-order valence-corrected chi connectivity index (χ4v) is 2.33. The van der Waals surface area contributed by atoms with Gasteiger partial charge in [-0.2, -0.15) is 0 Å². The van der Waals surface area contributed by atoms with Crippen LogP contribution in [-0.4, -0.2) is 20.9 Å². The van der Waals surface area contributed by atoms with Crippen LogP contribution in [0.2, 0.25) is 0 Å². The van der Waals surface area contributed by atoms with Crippen LogP contribution in [0.3, 0.4) is 0 Å². The molecule has 6 heteroatoms. The topological polar surface area (TPSA) is 70.7 Å². The summed E-state index contributed by atoms with van der Waals surface area (Å²) in [5, 5.41) is 5.21. The van der Waals surface area contributed by atoms with Crippen LogP contribution in [0, 0.1) is 0 Å². The summed E-state index contributed by atoms with van der Waals surface area (Å²) < 4.78 is 0. The number of thiazole rings is 1. The molecule has 1 amide bonds. The summed E-state index contributed by atoms with van der Waals surface area (Å²) in [5.74, 6) is -0.197. The number of aromatic amines is 1. The van der Waals surface area contributed by atoms with Gasteiger partial charge < -0.3 is 4.98 Å². The number of carbonyl (C=O) groups excluding carboxylic acids is 1. The molecule has 3 aromatic rings. The number of H-pyrrole nitrogens is 1. The first-order chi connectivity index (χ1) is 9.33. The first-order valence-electron chi connectivity index (χ1n) is 5.63. The molecule has 2 N–H and O–H groups in total. The van der Waals surface area contributed by atoms with E-state index >= 15 is 0 Å². The number of anilines is 1. The standard InChI is InChI=1S/C13H10N4OS/c18-12(10-4-2-6-15-10)17-13-16-11(8-19-13)9-3-1-5-14-7-9/h1-8,15H,(H,16,17,18). The molecule has 3 aromatic heterocycles. The fourth-order valence-electron chi connectivity index (χ4n) is 1.61. The molecule has 5 nitrogen and oxygen atoms in total. The second-order valence-corrected chi connectivity index (χ2v) is 4.68.